The molecule has 3 saturated heterocycles. The van der Waals surface area contributed by atoms with E-state index in [1.807, 2.05) is 6.08 Å². The summed E-state index contributed by atoms with van der Waals surface area (Å²) in [4.78, 5) is 24.4. The Labute approximate surface area is 273 Å². The summed E-state index contributed by atoms with van der Waals surface area (Å²) in [7, 11) is 0. The van der Waals surface area contributed by atoms with Crippen molar-refractivity contribution in [1.82, 2.24) is 0 Å². The fourth-order valence-electron chi connectivity index (χ4n) is 6.00. The molecule has 0 unspecified atom stereocenters. The number of allylic oxidation sites excluding steroid dienone is 6. The minimum atomic E-state index is -2.10. The van der Waals surface area contributed by atoms with Crippen molar-refractivity contribution < 1.29 is 63.9 Å². The normalized spacial score (nSPS) is 46.6. The second kappa shape index (κ2) is 16.6. The molecule has 0 spiro atoms. The van der Waals surface area contributed by atoms with Crippen molar-refractivity contribution in [2.75, 3.05) is 0 Å². The van der Waals surface area contributed by atoms with Gasteiger partial charge in [-0.3, -0.25) is 4.79 Å². The van der Waals surface area contributed by atoms with Crippen LogP contribution < -0.4 is 5.73 Å². The van der Waals surface area contributed by atoms with Gasteiger partial charge in [-0.15, -0.1) is 0 Å². The zero-order valence-corrected chi connectivity index (χ0v) is 26.4. The van der Waals surface area contributed by atoms with E-state index in [2.05, 4.69) is 0 Å². The summed E-state index contributed by atoms with van der Waals surface area (Å²) < 4.78 is 28.5. The lowest BCUT2D eigenvalue weighted by molar-refractivity contribution is -0.308. The van der Waals surface area contributed by atoms with E-state index < -0.39 is 97.3 Å². The van der Waals surface area contributed by atoms with Crippen molar-refractivity contribution in [1.29, 1.82) is 0 Å². The maximum absolute atomic E-state index is 12.3. The third-order valence-electron chi connectivity index (χ3n) is 8.58. The molecule has 0 saturated carbocycles. The molecule has 4 rings (SSSR count). The molecule has 0 radical (unpaired) electrons. The van der Waals surface area contributed by atoms with Crippen LogP contribution in [0.15, 0.2) is 60.8 Å². The van der Waals surface area contributed by atoms with Gasteiger partial charge in [-0.25, -0.2) is 4.79 Å². The number of rotatable bonds is 3. The quantitative estimate of drug-likeness (QED) is 0.157. The predicted molar refractivity (Wildman–Crippen MR) is 165 cm³/mol. The molecule has 262 valence electrons. The summed E-state index contributed by atoms with van der Waals surface area (Å²) in [5.41, 5.74) is 5.98. The van der Waals surface area contributed by atoms with E-state index in [9.17, 15) is 40.2 Å². The van der Waals surface area contributed by atoms with Crippen LogP contribution in [0.5, 0.6) is 0 Å². The number of hydrogen-bond donors (Lipinski definition) is 7. The van der Waals surface area contributed by atoms with Crippen LogP contribution >= 0.6 is 0 Å². The Kier molecular flexibility index (Phi) is 13.1. The minimum Gasteiger partial charge on any atom is -0.481 e. The highest BCUT2D eigenvalue weighted by Crippen LogP contribution is 2.39. The van der Waals surface area contributed by atoms with Crippen LogP contribution in [0.1, 0.15) is 46.0 Å². The Morgan fingerprint density at radius 1 is 0.936 bits per heavy atom. The Balaban J connectivity index is 1.58. The van der Waals surface area contributed by atoms with Gasteiger partial charge in [0.2, 0.25) is 0 Å². The van der Waals surface area contributed by atoms with Gasteiger partial charge in [0.05, 0.1) is 48.8 Å². The van der Waals surface area contributed by atoms with Gasteiger partial charge in [0.15, 0.2) is 12.1 Å². The van der Waals surface area contributed by atoms with E-state index >= 15 is 0 Å². The fraction of sp³-hybridized carbons (Fsp3) is 0.636. The molecule has 0 aromatic heterocycles. The van der Waals surface area contributed by atoms with Crippen molar-refractivity contribution in [2.45, 2.75) is 125 Å². The van der Waals surface area contributed by atoms with Crippen LogP contribution in [0.25, 0.3) is 0 Å². The number of carbonyl (C=O) groups is 2. The van der Waals surface area contributed by atoms with Crippen molar-refractivity contribution in [2.24, 2.45) is 11.7 Å². The Hall–Kier alpha value is -2.76. The van der Waals surface area contributed by atoms with Crippen LogP contribution in [0, 0.1) is 5.92 Å². The third-order valence-corrected chi connectivity index (χ3v) is 8.58. The van der Waals surface area contributed by atoms with Gasteiger partial charge in [-0.2, -0.15) is 0 Å². The van der Waals surface area contributed by atoms with Crippen LogP contribution in [0.4, 0.5) is 0 Å². The minimum absolute atomic E-state index is 0.0789. The number of epoxide rings is 1. The number of carbonyl (C=O) groups excluding carboxylic acids is 1. The average molecular weight is 666 g/mol. The van der Waals surface area contributed by atoms with E-state index in [1.54, 1.807) is 56.4 Å². The summed E-state index contributed by atoms with van der Waals surface area (Å²) in [5.74, 6) is -5.45. The van der Waals surface area contributed by atoms with E-state index in [4.69, 9.17) is 29.4 Å². The molecule has 0 aromatic carbocycles. The highest BCUT2D eigenvalue weighted by Gasteiger charge is 2.51. The number of carboxylic acids is 1. The predicted octanol–water partition coefficient (Wildman–Crippen LogP) is 0.120. The number of cyclic esters (lactones) is 1. The second-order valence-electron chi connectivity index (χ2n) is 12.6. The van der Waals surface area contributed by atoms with Crippen LogP contribution in [-0.4, -0.2) is 122 Å². The van der Waals surface area contributed by atoms with E-state index in [-0.39, 0.29) is 25.4 Å². The monoisotopic (exact) mass is 665 g/mol. The van der Waals surface area contributed by atoms with Gasteiger partial charge in [0.25, 0.3) is 0 Å². The van der Waals surface area contributed by atoms with Gasteiger partial charge in [0, 0.05) is 38.2 Å². The molecule has 3 fully saturated rings. The molecule has 0 amide bonds. The molecular formula is C33H47NO13. The van der Waals surface area contributed by atoms with E-state index in [1.165, 1.54) is 12.2 Å². The molecule has 47 heavy (non-hydrogen) atoms. The maximum atomic E-state index is 12.3. The standard InChI is InChI=1S/C33H47NO13/c1-18-10-8-6-4-3-5-7-9-11-21(45-32-30(39)28(34)29(38)19(2)44-32)15-25-27(31(40)41)22(36)17-33(42,47-25)16-20(35)14-24-23(46-24)12-13-26(37)43-18/h3-9,11-13,18-25,27-30,32,35-36,38-39,42H,10,14-17,34H2,1-2H3,(H,40,41)/b4-3-,7-5+,8-6+,11-9?,13-12+/t18-,19-,20+,21+,22+,23-,24-,25+,27-,28+,29-,30+,32+,33-/m1/s1. The van der Waals surface area contributed by atoms with Gasteiger partial charge < -0.3 is 60.1 Å². The molecule has 4 heterocycles. The molecule has 14 heteroatoms. The zero-order valence-electron chi connectivity index (χ0n) is 26.4. The number of fused-ring (bicyclic) bond motifs is 3. The molecule has 8 N–H and O–H groups in total. The van der Waals surface area contributed by atoms with Gasteiger partial charge in [0.1, 0.15) is 24.2 Å². The first kappa shape index (κ1) is 37.1. The first-order chi connectivity index (χ1) is 22.3. The topological polar surface area (TPSA) is 231 Å². The van der Waals surface area contributed by atoms with E-state index in [0.717, 1.165) is 0 Å². The molecule has 14 atom stereocenters. The highest BCUT2D eigenvalue weighted by atomic mass is 16.7. The van der Waals surface area contributed by atoms with Crippen molar-refractivity contribution >= 4 is 11.9 Å². The first-order valence-electron chi connectivity index (χ1n) is 15.9. The highest BCUT2D eigenvalue weighted by molar-refractivity contribution is 5.82. The van der Waals surface area contributed by atoms with Crippen molar-refractivity contribution in [3.8, 4) is 0 Å². The fourth-order valence-corrected chi connectivity index (χ4v) is 6.00. The lowest BCUT2D eigenvalue weighted by atomic mass is 9.83. The number of aliphatic hydroxyl groups excluding tert-OH is 4. The number of hydrogen-bond acceptors (Lipinski definition) is 13. The van der Waals surface area contributed by atoms with E-state index in [0.29, 0.717) is 6.42 Å². The number of esters is 1. The largest absolute Gasteiger partial charge is 0.481 e. The zero-order chi connectivity index (χ0) is 34.3. The third kappa shape index (κ3) is 10.6. The summed E-state index contributed by atoms with van der Waals surface area (Å²) in [6.07, 6.45) is 5.25. The van der Waals surface area contributed by atoms with Crippen LogP contribution in [0.3, 0.4) is 0 Å². The number of nitrogens with two attached hydrogens (primary N) is 1. The second-order valence-corrected chi connectivity index (χ2v) is 12.6. The summed E-state index contributed by atoms with van der Waals surface area (Å²) in [6.45, 7) is 3.34. The Morgan fingerprint density at radius 3 is 2.36 bits per heavy atom. The summed E-state index contributed by atoms with van der Waals surface area (Å²) in [5, 5.41) is 63.9. The lowest BCUT2D eigenvalue weighted by Gasteiger charge is -2.45. The Bertz CT molecular complexity index is 1220. The van der Waals surface area contributed by atoms with Crippen molar-refractivity contribution in [3.05, 3.63) is 60.8 Å². The van der Waals surface area contributed by atoms with Gasteiger partial charge in [-0.1, -0.05) is 48.6 Å². The number of ether oxygens (including phenoxy) is 5. The maximum Gasteiger partial charge on any atom is 0.330 e. The number of aliphatic carboxylic acids is 1. The lowest BCUT2D eigenvalue weighted by Crippen LogP contribution is -2.61. The molecule has 0 aliphatic carbocycles. The summed E-state index contributed by atoms with van der Waals surface area (Å²) >= 11 is 0. The van der Waals surface area contributed by atoms with Crippen molar-refractivity contribution in [3.63, 3.8) is 0 Å². The van der Waals surface area contributed by atoms with Gasteiger partial charge in [-0.05, 0) is 19.9 Å². The Morgan fingerprint density at radius 2 is 1.64 bits per heavy atom. The molecule has 0 aromatic rings. The molecule has 4 aliphatic heterocycles. The number of carboxylic acid groups (broad SMARTS) is 1. The molecule has 14 nitrogen and oxygen atoms in total. The average Bonchev–Trinajstić information content (AvgIpc) is 3.72. The number of aliphatic hydroxyl groups is 5. The van der Waals surface area contributed by atoms with Crippen LogP contribution in [0.2, 0.25) is 0 Å². The van der Waals surface area contributed by atoms with Crippen LogP contribution in [-0.2, 0) is 33.3 Å². The molecular weight excluding hydrogens is 618 g/mol. The van der Waals surface area contributed by atoms with Gasteiger partial charge >= 0.3 is 11.9 Å². The first-order valence-corrected chi connectivity index (χ1v) is 15.9. The molecule has 4 aliphatic rings. The molecule has 2 bridgehead atoms. The smallest absolute Gasteiger partial charge is 0.330 e. The summed E-state index contributed by atoms with van der Waals surface area (Å²) in [6, 6.07) is -1.08. The SMILES string of the molecule is C[C@@H]1C/C=C/C=C\C=C\C=C[C@H](O[C@@H]2O[C@H](C)[C@@H](O)[C@H](N)[C@@H]2O)C[C@@H]2O[C@](O)(C[C@@H](O)C[C@H]3O[C@@H]3/C=C/C(=O)O1)C[C@H](O)[C@H]2C(=O)O.